The van der Waals surface area contributed by atoms with Gasteiger partial charge in [-0.05, 0) is 67.6 Å². The van der Waals surface area contributed by atoms with Crippen molar-refractivity contribution in [3.8, 4) is 0 Å². The molecule has 2 amide bonds. The topological polar surface area (TPSA) is 43.9 Å². The van der Waals surface area contributed by atoms with Gasteiger partial charge in [0, 0.05) is 35.9 Å². The number of benzene rings is 2. The number of imide groups is 1. The van der Waals surface area contributed by atoms with Crippen molar-refractivity contribution in [1.29, 1.82) is 0 Å². The molecule has 0 saturated carbocycles. The van der Waals surface area contributed by atoms with Gasteiger partial charge in [0.15, 0.2) is 0 Å². The summed E-state index contributed by atoms with van der Waals surface area (Å²) in [5, 5.41) is 1.94. The molecule has 0 bridgehead atoms. The predicted octanol–water partition coefficient (Wildman–Crippen LogP) is 4.94. The van der Waals surface area contributed by atoms with Gasteiger partial charge in [-0.3, -0.25) is 9.59 Å². The highest BCUT2D eigenvalue weighted by Crippen LogP contribution is 2.41. The summed E-state index contributed by atoms with van der Waals surface area (Å²) in [6, 6.07) is 19.7. The molecule has 0 saturated heterocycles. The third-order valence-corrected chi connectivity index (χ3v) is 7.11. The molecule has 5 nitrogen and oxygen atoms in total. The molecule has 1 aromatic heterocycles. The van der Waals surface area contributed by atoms with E-state index >= 15 is 0 Å². The van der Waals surface area contributed by atoms with Gasteiger partial charge in [0.1, 0.15) is 5.70 Å². The molecular weight excluding hydrogens is 418 g/mol. The van der Waals surface area contributed by atoms with Crippen LogP contribution in [0.2, 0.25) is 0 Å². The molecule has 5 rings (SSSR count). The van der Waals surface area contributed by atoms with Crippen LogP contribution < -0.4 is 14.7 Å². The summed E-state index contributed by atoms with van der Waals surface area (Å²) in [4.78, 5) is 33.8. The van der Waals surface area contributed by atoms with Gasteiger partial charge in [-0.2, -0.15) is 0 Å². The largest absolute Gasteiger partial charge is 0.372 e. The number of hydrogen-bond acceptors (Lipinski definition) is 5. The zero-order valence-electron chi connectivity index (χ0n) is 18.2. The van der Waals surface area contributed by atoms with Gasteiger partial charge < -0.3 is 9.80 Å². The molecule has 0 N–H and O–H groups in total. The summed E-state index contributed by atoms with van der Waals surface area (Å²) in [5.41, 5.74) is 4.87. The number of nitrogens with zero attached hydrogens (tertiary/aromatic N) is 3. The van der Waals surface area contributed by atoms with Gasteiger partial charge in [-0.25, -0.2) is 4.90 Å². The minimum absolute atomic E-state index is 0.257. The maximum absolute atomic E-state index is 13.7. The highest BCUT2D eigenvalue weighted by molar-refractivity contribution is 7.11. The zero-order valence-corrected chi connectivity index (χ0v) is 19.1. The number of anilines is 3. The number of thiophene rings is 1. The lowest BCUT2D eigenvalue weighted by Gasteiger charge is -2.23. The fraction of sp³-hybridized carbons (Fsp3) is 0.231. The summed E-state index contributed by atoms with van der Waals surface area (Å²) in [7, 11) is 0. The molecule has 0 fully saturated rings. The van der Waals surface area contributed by atoms with Crippen molar-refractivity contribution in [2.24, 2.45) is 0 Å². The Morgan fingerprint density at radius 2 is 1.66 bits per heavy atom. The average Bonchev–Trinajstić information content (AvgIpc) is 3.54. The first-order valence-electron chi connectivity index (χ1n) is 11.0. The number of amides is 2. The van der Waals surface area contributed by atoms with Crippen LogP contribution in [-0.2, 0) is 16.0 Å². The number of carbonyl (C=O) groups excluding carboxylic acids is 2. The molecule has 2 aliphatic rings. The molecular formula is C26H25N3O2S. The first-order chi connectivity index (χ1) is 15.6. The fourth-order valence-corrected chi connectivity index (χ4v) is 5.38. The van der Waals surface area contributed by atoms with Crippen LogP contribution in [0.15, 0.2) is 71.7 Å². The van der Waals surface area contributed by atoms with Crippen LogP contribution in [0.4, 0.5) is 17.1 Å². The quantitative estimate of drug-likeness (QED) is 0.506. The maximum Gasteiger partial charge on any atom is 0.282 e. The van der Waals surface area contributed by atoms with Crippen molar-refractivity contribution in [3.05, 3.63) is 82.2 Å². The van der Waals surface area contributed by atoms with E-state index in [9.17, 15) is 9.59 Å². The van der Waals surface area contributed by atoms with E-state index in [-0.39, 0.29) is 11.8 Å². The minimum atomic E-state index is -0.259. The third kappa shape index (κ3) is 3.22. The standard InChI is InChI=1S/C26H25N3O2S/c1-3-27(4-2)19-11-13-20(14-12-19)29-25(30)23(22-10-7-17-32-22)24(26(29)31)28-16-15-18-8-5-6-9-21(18)28/h5-14,17H,3-4,15-16H2,1-2H3. The summed E-state index contributed by atoms with van der Waals surface area (Å²) in [5.74, 6) is -0.516. The van der Waals surface area contributed by atoms with E-state index in [0.717, 1.165) is 35.8 Å². The zero-order chi connectivity index (χ0) is 22.2. The van der Waals surface area contributed by atoms with Gasteiger partial charge in [0.05, 0.1) is 11.3 Å². The normalized spacial score (nSPS) is 15.7. The Balaban J connectivity index is 1.57. The second-order valence-corrected chi connectivity index (χ2v) is 8.81. The van der Waals surface area contributed by atoms with Gasteiger partial charge >= 0.3 is 0 Å². The smallest absolute Gasteiger partial charge is 0.282 e. The number of fused-ring (bicyclic) bond motifs is 1. The lowest BCUT2D eigenvalue weighted by Crippen LogP contribution is -2.35. The Labute approximate surface area is 192 Å². The van der Waals surface area contributed by atoms with Crippen LogP contribution in [0.1, 0.15) is 24.3 Å². The molecule has 0 atom stereocenters. The van der Waals surface area contributed by atoms with Crippen molar-refractivity contribution in [2.45, 2.75) is 20.3 Å². The summed E-state index contributed by atoms with van der Waals surface area (Å²) in [6.45, 7) is 6.72. The van der Waals surface area contributed by atoms with Crippen molar-refractivity contribution in [2.75, 3.05) is 34.3 Å². The molecule has 3 heterocycles. The van der Waals surface area contributed by atoms with E-state index < -0.39 is 0 Å². The van der Waals surface area contributed by atoms with Crippen LogP contribution in [0.3, 0.4) is 0 Å². The van der Waals surface area contributed by atoms with E-state index in [1.165, 1.54) is 21.8 Å². The first kappa shape index (κ1) is 20.5. The molecule has 6 heteroatoms. The Bertz CT molecular complexity index is 1190. The summed E-state index contributed by atoms with van der Waals surface area (Å²) in [6.07, 6.45) is 0.859. The van der Waals surface area contributed by atoms with Gasteiger partial charge in [0.25, 0.3) is 11.8 Å². The summed E-state index contributed by atoms with van der Waals surface area (Å²) >= 11 is 1.49. The van der Waals surface area contributed by atoms with Crippen molar-refractivity contribution < 1.29 is 9.59 Å². The van der Waals surface area contributed by atoms with E-state index in [4.69, 9.17) is 0 Å². The van der Waals surface area contributed by atoms with Crippen LogP contribution in [0.25, 0.3) is 5.57 Å². The van der Waals surface area contributed by atoms with Gasteiger partial charge in [-0.15, -0.1) is 11.3 Å². The highest BCUT2D eigenvalue weighted by Gasteiger charge is 2.44. The lowest BCUT2D eigenvalue weighted by molar-refractivity contribution is -0.120. The van der Waals surface area contributed by atoms with E-state index in [2.05, 4.69) is 24.8 Å². The minimum Gasteiger partial charge on any atom is -0.372 e. The molecule has 2 aliphatic heterocycles. The van der Waals surface area contributed by atoms with Gasteiger partial charge in [0.2, 0.25) is 0 Å². The second kappa shape index (κ2) is 8.28. The number of para-hydroxylation sites is 1. The van der Waals surface area contributed by atoms with Gasteiger partial charge in [-0.1, -0.05) is 24.3 Å². The van der Waals surface area contributed by atoms with Crippen molar-refractivity contribution >= 4 is 45.8 Å². The predicted molar refractivity (Wildman–Crippen MR) is 131 cm³/mol. The molecule has 2 aromatic carbocycles. The van der Waals surface area contributed by atoms with Crippen LogP contribution in [0, 0.1) is 0 Å². The fourth-order valence-electron chi connectivity index (χ4n) is 4.62. The van der Waals surface area contributed by atoms with Crippen LogP contribution in [-0.4, -0.2) is 31.4 Å². The first-order valence-corrected chi connectivity index (χ1v) is 11.9. The maximum atomic E-state index is 13.7. The molecule has 162 valence electrons. The van der Waals surface area contributed by atoms with Crippen LogP contribution in [0.5, 0.6) is 0 Å². The molecule has 0 radical (unpaired) electrons. The van der Waals surface area contributed by atoms with E-state index in [0.29, 0.717) is 23.5 Å². The third-order valence-electron chi connectivity index (χ3n) is 6.22. The summed E-state index contributed by atoms with van der Waals surface area (Å²) < 4.78 is 0. The van der Waals surface area contributed by atoms with E-state index in [1.807, 2.05) is 64.9 Å². The Morgan fingerprint density at radius 1 is 0.906 bits per heavy atom. The number of carbonyl (C=O) groups is 2. The number of hydrogen-bond donors (Lipinski definition) is 0. The monoisotopic (exact) mass is 443 g/mol. The van der Waals surface area contributed by atoms with Crippen molar-refractivity contribution in [1.82, 2.24) is 0 Å². The average molecular weight is 444 g/mol. The molecule has 32 heavy (non-hydrogen) atoms. The SMILES string of the molecule is CCN(CC)c1ccc(N2C(=O)C(c3cccs3)=C(N3CCc4ccccc43)C2=O)cc1. The van der Waals surface area contributed by atoms with E-state index in [1.54, 1.807) is 0 Å². The number of rotatable bonds is 6. The molecule has 3 aromatic rings. The Kier molecular flexibility index (Phi) is 5.31. The second-order valence-electron chi connectivity index (χ2n) is 7.87. The highest BCUT2D eigenvalue weighted by atomic mass is 32.1. The Hall–Kier alpha value is -3.38. The molecule has 0 aliphatic carbocycles. The molecule has 0 spiro atoms. The lowest BCUT2D eigenvalue weighted by atomic mass is 10.1. The van der Waals surface area contributed by atoms with Crippen LogP contribution >= 0.6 is 11.3 Å². The van der Waals surface area contributed by atoms with Crippen molar-refractivity contribution in [3.63, 3.8) is 0 Å². The Morgan fingerprint density at radius 3 is 2.34 bits per heavy atom. The molecule has 0 unspecified atom stereocenters.